The van der Waals surface area contributed by atoms with E-state index in [9.17, 15) is 9.59 Å². The number of hydrogen-bond donors (Lipinski definition) is 1. The van der Waals surface area contributed by atoms with Gasteiger partial charge in [0.25, 0.3) is 11.8 Å². The SMILES string of the molecule is CCCCNC(=O)c1ccc2c(c1)N(Cc1ccccc1)C(=O)c1ccccc1S2. The average molecular weight is 417 g/mol. The molecule has 2 amide bonds. The fourth-order valence-electron chi connectivity index (χ4n) is 3.47. The Morgan fingerprint density at radius 2 is 1.73 bits per heavy atom. The number of amides is 2. The first kappa shape index (κ1) is 20.2. The van der Waals surface area contributed by atoms with E-state index < -0.39 is 0 Å². The molecular weight excluding hydrogens is 392 g/mol. The monoisotopic (exact) mass is 416 g/mol. The highest BCUT2D eigenvalue weighted by atomic mass is 32.2. The van der Waals surface area contributed by atoms with Gasteiger partial charge in [-0.2, -0.15) is 0 Å². The number of rotatable bonds is 6. The number of anilines is 1. The molecule has 0 aliphatic carbocycles. The molecule has 4 rings (SSSR count). The molecule has 5 heteroatoms. The van der Waals surface area contributed by atoms with Crippen LogP contribution in [0.5, 0.6) is 0 Å². The smallest absolute Gasteiger partial charge is 0.259 e. The van der Waals surface area contributed by atoms with Crippen molar-refractivity contribution in [1.29, 1.82) is 0 Å². The van der Waals surface area contributed by atoms with Crippen LogP contribution >= 0.6 is 11.8 Å². The molecule has 1 aliphatic heterocycles. The van der Waals surface area contributed by atoms with Crippen molar-refractivity contribution in [3.8, 4) is 0 Å². The second-order valence-electron chi connectivity index (χ2n) is 7.27. The van der Waals surface area contributed by atoms with Crippen molar-refractivity contribution in [3.63, 3.8) is 0 Å². The summed E-state index contributed by atoms with van der Waals surface area (Å²) in [6, 6.07) is 23.2. The molecule has 4 nitrogen and oxygen atoms in total. The lowest BCUT2D eigenvalue weighted by Crippen LogP contribution is -2.31. The zero-order valence-corrected chi connectivity index (χ0v) is 17.7. The van der Waals surface area contributed by atoms with Gasteiger partial charge in [-0.05, 0) is 42.3 Å². The molecular formula is C25H24N2O2S. The van der Waals surface area contributed by atoms with Crippen molar-refractivity contribution in [1.82, 2.24) is 5.32 Å². The van der Waals surface area contributed by atoms with Crippen LogP contribution < -0.4 is 10.2 Å². The highest BCUT2D eigenvalue weighted by Gasteiger charge is 2.28. The van der Waals surface area contributed by atoms with Gasteiger partial charge in [0, 0.05) is 21.9 Å². The number of carbonyl (C=O) groups is 2. The Balaban J connectivity index is 1.75. The second-order valence-corrected chi connectivity index (χ2v) is 8.35. The van der Waals surface area contributed by atoms with Crippen LogP contribution in [0.3, 0.4) is 0 Å². The quantitative estimate of drug-likeness (QED) is 0.538. The summed E-state index contributed by atoms with van der Waals surface area (Å²) in [7, 11) is 0. The van der Waals surface area contributed by atoms with E-state index >= 15 is 0 Å². The largest absolute Gasteiger partial charge is 0.352 e. The van der Waals surface area contributed by atoms with Crippen molar-refractivity contribution >= 4 is 29.3 Å². The Kier molecular flexibility index (Phi) is 6.19. The van der Waals surface area contributed by atoms with Crippen molar-refractivity contribution in [2.45, 2.75) is 36.1 Å². The van der Waals surface area contributed by atoms with E-state index in [1.165, 1.54) is 0 Å². The second kappa shape index (κ2) is 9.18. The molecule has 30 heavy (non-hydrogen) atoms. The lowest BCUT2D eigenvalue weighted by atomic mass is 10.1. The number of unbranched alkanes of at least 4 members (excludes halogenated alkanes) is 1. The van der Waals surface area contributed by atoms with Gasteiger partial charge in [-0.15, -0.1) is 0 Å². The summed E-state index contributed by atoms with van der Waals surface area (Å²) in [4.78, 5) is 29.8. The van der Waals surface area contributed by atoms with Crippen molar-refractivity contribution in [2.75, 3.05) is 11.4 Å². The van der Waals surface area contributed by atoms with Crippen LogP contribution in [0.1, 0.15) is 46.0 Å². The van der Waals surface area contributed by atoms with Gasteiger partial charge in [0.2, 0.25) is 0 Å². The lowest BCUT2D eigenvalue weighted by Gasteiger charge is -2.24. The fourth-order valence-corrected chi connectivity index (χ4v) is 4.52. The Morgan fingerprint density at radius 3 is 2.53 bits per heavy atom. The lowest BCUT2D eigenvalue weighted by molar-refractivity contribution is 0.0949. The third-order valence-electron chi connectivity index (χ3n) is 5.09. The summed E-state index contributed by atoms with van der Waals surface area (Å²) in [5.41, 5.74) is 3.07. The summed E-state index contributed by atoms with van der Waals surface area (Å²) in [5, 5.41) is 2.97. The van der Waals surface area contributed by atoms with Crippen LogP contribution in [0.4, 0.5) is 5.69 Å². The maximum absolute atomic E-state index is 13.5. The number of hydrogen-bond acceptors (Lipinski definition) is 3. The topological polar surface area (TPSA) is 49.4 Å². The fraction of sp³-hybridized carbons (Fsp3) is 0.200. The number of carbonyl (C=O) groups excluding carboxylic acids is 2. The molecule has 0 spiro atoms. The molecule has 3 aromatic rings. The minimum absolute atomic E-state index is 0.0516. The van der Waals surface area contributed by atoms with Crippen molar-refractivity contribution < 1.29 is 9.59 Å². The van der Waals surface area contributed by atoms with Crippen molar-refractivity contribution in [3.05, 3.63) is 89.5 Å². The van der Waals surface area contributed by atoms with Crippen LogP contribution in [0, 0.1) is 0 Å². The van der Waals surface area contributed by atoms with Gasteiger partial charge in [-0.25, -0.2) is 0 Å². The van der Waals surface area contributed by atoms with E-state index in [1.54, 1.807) is 16.7 Å². The first-order valence-corrected chi connectivity index (χ1v) is 11.0. The first-order chi connectivity index (χ1) is 14.7. The molecule has 152 valence electrons. The van der Waals surface area contributed by atoms with Crippen LogP contribution in [-0.2, 0) is 6.54 Å². The molecule has 3 aromatic carbocycles. The van der Waals surface area contributed by atoms with E-state index in [0.717, 1.165) is 33.9 Å². The molecule has 1 heterocycles. The maximum atomic E-state index is 13.5. The number of nitrogens with zero attached hydrogens (tertiary/aromatic N) is 1. The highest BCUT2D eigenvalue weighted by Crippen LogP contribution is 2.42. The zero-order chi connectivity index (χ0) is 20.9. The van der Waals surface area contributed by atoms with Crippen LogP contribution in [0.2, 0.25) is 0 Å². The Morgan fingerprint density at radius 1 is 0.967 bits per heavy atom. The van der Waals surface area contributed by atoms with Crippen LogP contribution in [0.15, 0.2) is 82.6 Å². The molecule has 0 saturated carbocycles. The van der Waals surface area contributed by atoms with Gasteiger partial charge >= 0.3 is 0 Å². The summed E-state index contributed by atoms with van der Waals surface area (Å²) in [5.74, 6) is -0.158. The number of nitrogens with one attached hydrogen (secondary N) is 1. The average Bonchev–Trinajstić information content (AvgIpc) is 2.89. The van der Waals surface area contributed by atoms with E-state index in [1.807, 2.05) is 72.8 Å². The van der Waals surface area contributed by atoms with Crippen molar-refractivity contribution in [2.24, 2.45) is 0 Å². The summed E-state index contributed by atoms with van der Waals surface area (Å²) in [6.07, 6.45) is 1.97. The molecule has 1 aliphatic rings. The minimum Gasteiger partial charge on any atom is -0.352 e. The number of benzene rings is 3. The Labute approximate surface area is 181 Å². The third-order valence-corrected chi connectivity index (χ3v) is 6.23. The van der Waals surface area contributed by atoms with E-state index in [4.69, 9.17) is 0 Å². The molecule has 0 unspecified atom stereocenters. The summed E-state index contributed by atoms with van der Waals surface area (Å²) >= 11 is 1.57. The molecule has 0 aromatic heterocycles. The van der Waals surface area contributed by atoms with Gasteiger partial charge < -0.3 is 10.2 Å². The van der Waals surface area contributed by atoms with Gasteiger partial charge in [-0.1, -0.05) is 67.6 Å². The summed E-state index contributed by atoms with van der Waals surface area (Å²) < 4.78 is 0. The van der Waals surface area contributed by atoms with E-state index in [0.29, 0.717) is 24.2 Å². The molecule has 0 bridgehead atoms. The number of fused-ring (bicyclic) bond motifs is 2. The Bertz CT molecular complexity index is 1070. The third kappa shape index (κ3) is 4.26. The highest BCUT2D eigenvalue weighted by molar-refractivity contribution is 7.99. The Hall–Kier alpha value is -3.05. The van der Waals surface area contributed by atoms with Gasteiger partial charge in [0.05, 0.1) is 17.8 Å². The van der Waals surface area contributed by atoms with Crippen LogP contribution in [0.25, 0.3) is 0 Å². The summed E-state index contributed by atoms with van der Waals surface area (Å²) in [6.45, 7) is 3.19. The van der Waals surface area contributed by atoms with E-state index in [2.05, 4.69) is 12.2 Å². The standard InChI is InChI=1S/C25H24N2O2S/c1-2-3-15-26-24(28)19-13-14-23-21(16-19)27(17-18-9-5-4-6-10-18)25(29)20-11-7-8-12-22(20)30-23/h4-14,16H,2-3,15,17H2,1H3,(H,26,28). The predicted molar refractivity (Wildman–Crippen MR) is 121 cm³/mol. The van der Waals surface area contributed by atoms with Gasteiger partial charge in [0.15, 0.2) is 0 Å². The minimum atomic E-state index is -0.106. The molecule has 0 fully saturated rings. The molecule has 0 saturated heterocycles. The van der Waals surface area contributed by atoms with Crippen LogP contribution in [-0.4, -0.2) is 18.4 Å². The normalized spacial score (nSPS) is 12.7. The molecule has 0 radical (unpaired) electrons. The predicted octanol–water partition coefficient (Wildman–Crippen LogP) is 5.53. The van der Waals surface area contributed by atoms with Gasteiger partial charge in [0.1, 0.15) is 0 Å². The van der Waals surface area contributed by atoms with Gasteiger partial charge in [-0.3, -0.25) is 9.59 Å². The molecule has 1 N–H and O–H groups in total. The molecule has 0 atom stereocenters. The zero-order valence-electron chi connectivity index (χ0n) is 16.9. The maximum Gasteiger partial charge on any atom is 0.259 e. The first-order valence-electron chi connectivity index (χ1n) is 10.2. The van der Waals surface area contributed by atoms with E-state index in [-0.39, 0.29) is 11.8 Å².